The molecule has 4 heterocycles. The van der Waals surface area contributed by atoms with Crippen LogP contribution >= 0.6 is 27.6 Å². The Morgan fingerprint density at radius 1 is 1.02 bits per heavy atom. The molecule has 0 radical (unpaired) electrons. The molecule has 2 aromatic heterocycles. The second-order valence-corrected chi connectivity index (χ2v) is 14.0. The molecule has 0 saturated carbocycles. The molecule has 19 heteroatoms. The van der Waals surface area contributed by atoms with Gasteiger partial charge in [0.25, 0.3) is 11.1 Å². The van der Waals surface area contributed by atoms with Crippen molar-refractivity contribution in [2.24, 2.45) is 0 Å². The molecule has 16 nitrogen and oxygen atoms in total. The predicted molar refractivity (Wildman–Crippen MR) is 149 cm³/mol. The van der Waals surface area contributed by atoms with Gasteiger partial charge in [0, 0.05) is 51.6 Å². The first-order valence-corrected chi connectivity index (χ1v) is 16.2. The van der Waals surface area contributed by atoms with Crippen LogP contribution in [0.15, 0.2) is 31.6 Å². The smallest absolute Gasteiger partial charge is 0.389 e. The molecule has 0 bridgehead atoms. The summed E-state index contributed by atoms with van der Waals surface area (Å²) in [7, 11) is 2.07. The van der Waals surface area contributed by atoms with E-state index >= 15 is 0 Å². The van der Waals surface area contributed by atoms with Crippen LogP contribution in [0.5, 0.6) is 0 Å². The van der Waals surface area contributed by atoms with Crippen LogP contribution in [0, 0.1) is 13.8 Å². The number of ether oxygens (including phenoxy) is 2. The molecular weight excluding hydrogens is 606 g/mol. The van der Waals surface area contributed by atoms with Crippen molar-refractivity contribution in [3.63, 3.8) is 0 Å². The van der Waals surface area contributed by atoms with E-state index in [4.69, 9.17) is 23.0 Å². The summed E-state index contributed by atoms with van der Waals surface area (Å²) in [5, 5.41) is 20.5. The number of aliphatic hydroxyl groups is 2. The van der Waals surface area contributed by atoms with Gasteiger partial charge >= 0.3 is 18.2 Å². The van der Waals surface area contributed by atoms with Crippen LogP contribution in [-0.2, 0) is 27.6 Å². The van der Waals surface area contributed by atoms with Gasteiger partial charge in [0.2, 0.25) is 0 Å². The first-order valence-electron chi connectivity index (χ1n) is 12.6. The number of aliphatic hydroxyl groups excluding tert-OH is 2. The number of aromatic amines is 2. The van der Waals surface area contributed by atoms with E-state index in [1.54, 1.807) is 0 Å². The maximum atomic E-state index is 13.8. The van der Waals surface area contributed by atoms with Gasteiger partial charge in [0.15, 0.2) is 0 Å². The van der Waals surface area contributed by atoms with E-state index in [2.05, 4.69) is 19.4 Å². The molecule has 2 aliphatic rings. The van der Waals surface area contributed by atoms with Gasteiger partial charge in [-0.25, -0.2) is 14.2 Å². The van der Waals surface area contributed by atoms with E-state index < -0.39 is 72.8 Å². The summed E-state index contributed by atoms with van der Waals surface area (Å²) in [6, 6.07) is 0. The van der Waals surface area contributed by atoms with E-state index in [-0.39, 0.29) is 42.9 Å². The Morgan fingerprint density at radius 3 is 2.15 bits per heavy atom. The average molecular weight is 639 g/mol. The second kappa shape index (κ2) is 13.6. The van der Waals surface area contributed by atoms with Crippen molar-refractivity contribution < 1.29 is 37.8 Å². The fourth-order valence-electron chi connectivity index (χ4n) is 4.41. The van der Waals surface area contributed by atoms with Gasteiger partial charge < -0.3 is 24.2 Å². The van der Waals surface area contributed by atoms with Crippen LogP contribution < -0.4 is 22.5 Å². The Labute approximate surface area is 238 Å². The van der Waals surface area contributed by atoms with E-state index in [1.807, 2.05) is 0 Å². The Kier molecular flexibility index (Phi) is 10.6. The monoisotopic (exact) mass is 638 g/mol. The summed E-state index contributed by atoms with van der Waals surface area (Å²) >= 11 is 0.828. The SMILES string of the molecule is Cc1cn([C@H]2C[C@H](OP(=O)(OC[C@H]3O[C@@H](n4cc(C)c(=O)[nH]c4=O)C[C@@H]3O)SCCOP)[C@@H](CO)O2)c(=O)[nH]c1=O. The predicted octanol–water partition coefficient (Wildman–Crippen LogP) is -0.318. The first-order chi connectivity index (χ1) is 19.4. The van der Waals surface area contributed by atoms with Crippen molar-refractivity contribution in [1.82, 2.24) is 19.1 Å². The lowest BCUT2D eigenvalue weighted by molar-refractivity contribution is -0.0510. The number of hydrogen-bond acceptors (Lipinski definition) is 13. The number of nitrogens with one attached hydrogen (secondary N) is 2. The number of H-pyrrole nitrogens is 2. The zero-order chi connectivity index (χ0) is 29.9. The largest absolute Gasteiger partial charge is 0.394 e. The molecular formula is C22H32N4O12P2S. The number of rotatable bonds is 12. The average Bonchev–Trinajstić information content (AvgIpc) is 3.49. The summed E-state index contributed by atoms with van der Waals surface area (Å²) in [6.45, 7) is -1.67. The zero-order valence-electron chi connectivity index (χ0n) is 22.2. The van der Waals surface area contributed by atoms with Gasteiger partial charge in [0.1, 0.15) is 30.8 Å². The van der Waals surface area contributed by atoms with Gasteiger partial charge in [-0.3, -0.25) is 37.7 Å². The van der Waals surface area contributed by atoms with Crippen molar-refractivity contribution in [2.75, 3.05) is 25.6 Å². The molecule has 0 amide bonds. The van der Waals surface area contributed by atoms with Gasteiger partial charge in [0.05, 0.1) is 25.9 Å². The molecule has 2 saturated heterocycles. The highest BCUT2D eigenvalue weighted by Gasteiger charge is 2.44. The highest BCUT2D eigenvalue weighted by Crippen LogP contribution is 2.63. The number of hydrogen-bond donors (Lipinski definition) is 4. The quantitative estimate of drug-likeness (QED) is 0.174. The molecule has 0 aliphatic carbocycles. The summed E-state index contributed by atoms with van der Waals surface area (Å²) < 4.78 is 44.3. The van der Waals surface area contributed by atoms with Crippen LogP contribution in [0.1, 0.15) is 36.4 Å². The van der Waals surface area contributed by atoms with Crippen molar-refractivity contribution in [3.05, 3.63) is 65.2 Å². The normalized spacial score (nSPS) is 27.7. The van der Waals surface area contributed by atoms with Crippen LogP contribution in [0.2, 0.25) is 0 Å². The molecule has 8 atom stereocenters. The summed E-state index contributed by atoms with van der Waals surface area (Å²) in [4.78, 5) is 52.4. The highest BCUT2D eigenvalue weighted by atomic mass is 32.7. The molecule has 4 N–H and O–H groups in total. The van der Waals surface area contributed by atoms with Gasteiger partial charge in [-0.15, -0.1) is 0 Å². The minimum Gasteiger partial charge on any atom is -0.394 e. The Hall–Kier alpha value is -1.91. The standard InChI is InChI=1S/C22H32N4O12P2S/c1-11-7-25(21(31)23-19(11)29)17-5-13(28)16(37-17)10-35-40(33,41-4-3-34-39)38-14-6-18(36-15(14)9-27)26-8-12(2)20(30)24-22(26)32/h7-8,13-18,27-28H,3-6,9-10,39H2,1-2H3,(H,23,29,31)(H,24,30,32)/t13-,14-,15+,16+,17+,18+,40?/m0/s1. The Morgan fingerprint density at radius 2 is 1.59 bits per heavy atom. The van der Waals surface area contributed by atoms with Crippen LogP contribution in [0.25, 0.3) is 0 Å². The highest BCUT2D eigenvalue weighted by molar-refractivity contribution is 8.55. The summed E-state index contributed by atoms with van der Waals surface area (Å²) in [5.41, 5.74) is -1.94. The molecule has 2 aliphatic heterocycles. The third kappa shape index (κ3) is 7.54. The van der Waals surface area contributed by atoms with Crippen LogP contribution in [-0.4, -0.2) is 79.3 Å². The minimum absolute atomic E-state index is 0.00373. The molecule has 2 aromatic rings. The van der Waals surface area contributed by atoms with Crippen molar-refractivity contribution in [3.8, 4) is 0 Å². The van der Waals surface area contributed by atoms with Crippen molar-refractivity contribution in [1.29, 1.82) is 0 Å². The zero-order valence-corrected chi connectivity index (χ0v) is 25.0. The molecule has 228 valence electrons. The summed E-state index contributed by atoms with van der Waals surface area (Å²) in [6.07, 6.45) is -3.17. The minimum atomic E-state index is -4.01. The maximum absolute atomic E-state index is 13.8. The molecule has 2 fully saturated rings. The van der Waals surface area contributed by atoms with Crippen molar-refractivity contribution >= 4 is 27.6 Å². The van der Waals surface area contributed by atoms with E-state index in [1.165, 1.54) is 26.2 Å². The van der Waals surface area contributed by atoms with Gasteiger partial charge in [-0.1, -0.05) is 0 Å². The lowest BCUT2D eigenvalue weighted by atomic mass is 10.2. The van der Waals surface area contributed by atoms with E-state index in [0.717, 1.165) is 20.5 Å². The fraction of sp³-hybridized carbons (Fsp3) is 0.636. The Bertz CT molecular complexity index is 1510. The number of nitrogens with zero attached hydrogens (tertiary/aromatic N) is 2. The van der Waals surface area contributed by atoms with Gasteiger partial charge in [-0.05, 0) is 25.2 Å². The molecule has 41 heavy (non-hydrogen) atoms. The van der Waals surface area contributed by atoms with Crippen LogP contribution in [0.3, 0.4) is 0 Å². The number of aryl methyl sites for hydroxylation is 2. The van der Waals surface area contributed by atoms with Crippen molar-refractivity contribution in [2.45, 2.75) is 63.6 Å². The van der Waals surface area contributed by atoms with Crippen LogP contribution in [0.4, 0.5) is 0 Å². The third-order valence-electron chi connectivity index (χ3n) is 6.59. The molecule has 0 spiro atoms. The summed E-state index contributed by atoms with van der Waals surface area (Å²) in [5.74, 6) is 0.197. The number of aromatic nitrogens is 4. The lowest BCUT2D eigenvalue weighted by Gasteiger charge is -2.25. The molecule has 2 unspecified atom stereocenters. The third-order valence-corrected chi connectivity index (χ3v) is 10.6. The Balaban J connectivity index is 1.47. The topological polar surface area (TPSA) is 213 Å². The second-order valence-electron chi connectivity index (χ2n) is 9.53. The molecule has 0 aromatic carbocycles. The van der Waals surface area contributed by atoms with E-state index in [0.29, 0.717) is 0 Å². The van der Waals surface area contributed by atoms with E-state index in [9.17, 15) is 34.0 Å². The fourth-order valence-corrected chi connectivity index (χ4v) is 7.99. The lowest BCUT2D eigenvalue weighted by Crippen LogP contribution is -2.33. The van der Waals surface area contributed by atoms with Gasteiger partial charge in [-0.2, -0.15) is 0 Å². The first kappa shape index (κ1) is 32.0. The molecule has 4 rings (SSSR count). The maximum Gasteiger partial charge on any atom is 0.389 e.